The fraction of sp³-hybridized carbons (Fsp3) is 0.462. The van der Waals surface area contributed by atoms with Gasteiger partial charge in [0, 0.05) is 43.3 Å². The van der Waals surface area contributed by atoms with Crippen molar-refractivity contribution in [2.45, 2.75) is 13.0 Å². The van der Waals surface area contributed by atoms with Gasteiger partial charge in [0.05, 0.1) is 0 Å². The fourth-order valence-electron chi connectivity index (χ4n) is 1.58. The molecule has 1 rings (SSSR count). The molecule has 0 heterocycles. The Bertz CT molecular complexity index is 440. The molecular formula is C13H19BrFN3O. The highest BCUT2D eigenvalue weighted by Crippen LogP contribution is 2.20. The Hall–Kier alpha value is -1.14. The summed E-state index contributed by atoms with van der Waals surface area (Å²) in [5, 5.41) is 5.90. The predicted octanol–water partition coefficient (Wildman–Crippen LogP) is 2.51. The molecule has 1 aromatic rings. The first kappa shape index (κ1) is 15.9. The van der Waals surface area contributed by atoms with Gasteiger partial charge in [0.1, 0.15) is 5.82 Å². The number of amides is 2. The lowest BCUT2D eigenvalue weighted by atomic mass is 10.1. The number of carbonyl (C=O) groups excluding carboxylic acids is 1. The average molecular weight is 332 g/mol. The van der Waals surface area contributed by atoms with Gasteiger partial charge in [-0.1, -0.05) is 22.0 Å². The van der Waals surface area contributed by atoms with E-state index in [0.717, 1.165) is 4.47 Å². The zero-order chi connectivity index (χ0) is 14.4. The largest absolute Gasteiger partial charge is 0.337 e. The molecule has 2 amide bonds. The van der Waals surface area contributed by atoms with E-state index >= 15 is 0 Å². The van der Waals surface area contributed by atoms with Gasteiger partial charge in [0.2, 0.25) is 0 Å². The lowest BCUT2D eigenvalue weighted by molar-refractivity contribution is 0.217. The number of rotatable bonds is 5. The molecule has 1 atom stereocenters. The molecule has 0 spiro atoms. The van der Waals surface area contributed by atoms with Gasteiger partial charge in [-0.3, -0.25) is 0 Å². The van der Waals surface area contributed by atoms with Crippen LogP contribution in [0.3, 0.4) is 0 Å². The molecule has 1 aromatic carbocycles. The number of carbonyl (C=O) groups is 1. The lowest BCUT2D eigenvalue weighted by Crippen LogP contribution is -2.38. The summed E-state index contributed by atoms with van der Waals surface area (Å²) < 4.78 is 14.4. The molecule has 0 bridgehead atoms. The second-order valence-corrected chi connectivity index (χ2v) is 5.38. The molecule has 0 radical (unpaired) electrons. The predicted molar refractivity (Wildman–Crippen MR) is 77.6 cm³/mol. The molecule has 2 N–H and O–H groups in total. The van der Waals surface area contributed by atoms with Crippen molar-refractivity contribution in [3.63, 3.8) is 0 Å². The maximum atomic E-state index is 13.7. The number of nitrogens with one attached hydrogen (secondary N) is 2. The van der Waals surface area contributed by atoms with Gasteiger partial charge in [-0.2, -0.15) is 0 Å². The van der Waals surface area contributed by atoms with Crippen molar-refractivity contribution >= 4 is 22.0 Å². The molecule has 0 aliphatic rings. The normalized spacial score (nSPS) is 12.1. The smallest absolute Gasteiger partial charge is 0.316 e. The first-order valence-electron chi connectivity index (χ1n) is 6.05. The summed E-state index contributed by atoms with van der Waals surface area (Å²) in [5.41, 5.74) is 0.613. The van der Waals surface area contributed by atoms with Crippen LogP contribution in [0.25, 0.3) is 0 Å². The van der Waals surface area contributed by atoms with Crippen LogP contribution in [0.2, 0.25) is 0 Å². The van der Waals surface area contributed by atoms with Crippen LogP contribution in [0.4, 0.5) is 9.18 Å². The van der Waals surface area contributed by atoms with E-state index in [0.29, 0.717) is 18.7 Å². The van der Waals surface area contributed by atoms with Crippen molar-refractivity contribution in [1.29, 1.82) is 0 Å². The van der Waals surface area contributed by atoms with Crippen molar-refractivity contribution in [2.75, 3.05) is 27.2 Å². The zero-order valence-corrected chi connectivity index (χ0v) is 12.9. The minimum Gasteiger partial charge on any atom is -0.337 e. The second kappa shape index (κ2) is 7.45. The fourth-order valence-corrected chi connectivity index (χ4v) is 1.91. The molecule has 0 saturated carbocycles. The van der Waals surface area contributed by atoms with Gasteiger partial charge >= 0.3 is 6.03 Å². The van der Waals surface area contributed by atoms with Crippen LogP contribution in [-0.2, 0) is 0 Å². The van der Waals surface area contributed by atoms with Crippen molar-refractivity contribution in [1.82, 2.24) is 15.5 Å². The van der Waals surface area contributed by atoms with E-state index in [2.05, 4.69) is 26.6 Å². The maximum Gasteiger partial charge on any atom is 0.316 e. The van der Waals surface area contributed by atoms with E-state index in [-0.39, 0.29) is 17.9 Å². The lowest BCUT2D eigenvalue weighted by Gasteiger charge is -2.16. The molecule has 0 aliphatic carbocycles. The summed E-state index contributed by atoms with van der Waals surface area (Å²) in [6, 6.07) is 4.76. The second-order valence-electron chi connectivity index (χ2n) is 4.47. The Morgan fingerprint density at radius 3 is 2.68 bits per heavy atom. The summed E-state index contributed by atoms with van der Waals surface area (Å²) >= 11 is 3.23. The Kier molecular flexibility index (Phi) is 6.24. The summed E-state index contributed by atoms with van der Waals surface area (Å²) in [7, 11) is 3.37. The van der Waals surface area contributed by atoms with Crippen LogP contribution in [-0.4, -0.2) is 38.1 Å². The van der Waals surface area contributed by atoms with Crippen LogP contribution in [0.15, 0.2) is 22.7 Å². The molecule has 0 aliphatic heterocycles. The van der Waals surface area contributed by atoms with Crippen LogP contribution in [0.1, 0.15) is 18.5 Å². The Morgan fingerprint density at radius 1 is 1.42 bits per heavy atom. The highest BCUT2D eigenvalue weighted by molar-refractivity contribution is 9.10. The third kappa shape index (κ3) is 5.16. The summed E-state index contributed by atoms with van der Waals surface area (Å²) in [4.78, 5) is 12.7. The minimum absolute atomic E-state index is 0.107. The summed E-state index contributed by atoms with van der Waals surface area (Å²) in [6.07, 6.45) is 0. The standard InChI is InChI=1S/C13H19BrFN3O/c1-9(11-5-4-10(14)8-12(11)15)16-6-7-17-13(19)18(2)3/h4-5,8-9,16H,6-7H2,1-3H3,(H,17,19). The maximum absolute atomic E-state index is 13.7. The highest BCUT2D eigenvalue weighted by atomic mass is 79.9. The van der Waals surface area contributed by atoms with Crippen molar-refractivity contribution in [3.05, 3.63) is 34.1 Å². The van der Waals surface area contributed by atoms with Gasteiger partial charge in [-0.15, -0.1) is 0 Å². The summed E-state index contributed by atoms with van der Waals surface area (Å²) in [5.74, 6) is -0.244. The first-order valence-corrected chi connectivity index (χ1v) is 6.84. The van der Waals surface area contributed by atoms with E-state index in [1.165, 1.54) is 11.0 Å². The van der Waals surface area contributed by atoms with Crippen LogP contribution >= 0.6 is 15.9 Å². The summed E-state index contributed by atoms with van der Waals surface area (Å²) in [6.45, 7) is 2.97. The Balaban J connectivity index is 2.39. The van der Waals surface area contributed by atoms with Gasteiger partial charge in [0.15, 0.2) is 0 Å². The Morgan fingerprint density at radius 2 is 2.11 bits per heavy atom. The quantitative estimate of drug-likeness (QED) is 0.814. The van der Waals surface area contributed by atoms with Crippen LogP contribution in [0.5, 0.6) is 0 Å². The van der Waals surface area contributed by atoms with Gasteiger partial charge in [0.25, 0.3) is 0 Å². The number of benzene rings is 1. The Labute approximate surface area is 121 Å². The number of nitrogens with zero attached hydrogens (tertiary/aromatic N) is 1. The highest BCUT2D eigenvalue weighted by Gasteiger charge is 2.10. The van der Waals surface area contributed by atoms with Crippen molar-refractivity contribution in [3.8, 4) is 0 Å². The molecule has 0 saturated heterocycles. The number of halogens is 2. The monoisotopic (exact) mass is 331 g/mol. The molecule has 4 nitrogen and oxygen atoms in total. The van der Waals surface area contributed by atoms with Crippen molar-refractivity contribution < 1.29 is 9.18 Å². The molecule has 19 heavy (non-hydrogen) atoms. The average Bonchev–Trinajstić information content (AvgIpc) is 2.33. The first-order chi connectivity index (χ1) is 8.91. The van der Waals surface area contributed by atoms with Crippen molar-refractivity contribution in [2.24, 2.45) is 0 Å². The molecule has 1 unspecified atom stereocenters. The van der Waals surface area contributed by atoms with Crippen LogP contribution < -0.4 is 10.6 Å². The van der Waals surface area contributed by atoms with Gasteiger partial charge < -0.3 is 15.5 Å². The number of hydrogen-bond acceptors (Lipinski definition) is 2. The van der Waals surface area contributed by atoms with Crippen LogP contribution in [0, 0.1) is 5.82 Å². The van der Waals surface area contributed by atoms with E-state index in [4.69, 9.17) is 0 Å². The van der Waals surface area contributed by atoms with E-state index in [1.54, 1.807) is 20.2 Å². The third-order valence-corrected chi connectivity index (χ3v) is 3.18. The zero-order valence-electron chi connectivity index (χ0n) is 11.3. The SMILES string of the molecule is CC(NCCNC(=O)N(C)C)c1ccc(Br)cc1F. The molecule has 106 valence electrons. The molecule has 6 heteroatoms. The molecule has 0 fully saturated rings. The molecular weight excluding hydrogens is 313 g/mol. The minimum atomic E-state index is -0.244. The molecule has 0 aromatic heterocycles. The van der Waals surface area contributed by atoms with E-state index < -0.39 is 0 Å². The number of urea groups is 1. The third-order valence-electron chi connectivity index (χ3n) is 2.69. The topological polar surface area (TPSA) is 44.4 Å². The number of hydrogen-bond donors (Lipinski definition) is 2. The van der Waals surface area contributed by atoms with E-state index in [9.17, 15) is 9.18 Å². The van der Waals surface area contributed by atoms with Gasteiger partial charge in [-0.05, 0) is 19.1 Å². The van der Waals surface area contributed by atoms with E-state index in [1.807, 2.05) is 13.0 Å². The van der Waals surface area contributed by atoms with Gasteiger partial charge in [-0.25, -0.2) is 9.18 Å².